The van der Waals surface area contributed by atoms with Crippen LogP contribution in [0.15, 0.2) is 18.2 Å². The molecule has 0 heterocycles. The molecule has 2 N–H and O–H groups in total. The van der Waals surface area contributed by atoms with Crippen molar-refractivity contribution in [3.63, 3.8) is 0 Å². The van der Waals surface area contributed by atoms with Gasteiger partial charge in [0, 0.05) is 6.04 Å². The molecule has 2 rings (SSSR count). The molecule has 1 atom stereocenters. The molecule has 0 fully saturated rings. The smallest absolute Gasteiger partial charge is 0.0352 e. The first kappa shape index (κ1) is 9.72. The van der Waals surface area contributed by atoms with E-state index in [-0.39, 0.29) is 11.5 Å². The second-order valence-electron chi connectivity index (χ2n) is 5.03. The van der Waals surface area contributed by atoms with Gasteiger partial charge in [0.25, 0.3) is 0 Å². The third-order valence-corrected chi connectivity index (χ3v) is 3.44. The minimum atomic E-state index is 0.212. The Bertz CT molecular complexity index is 352. The topological polar surface area (TPSA) is 26.0 Å². The molecule has 1 aliphatic carbocycles. The lowest BCUT2D eigenvalue weighted by Crippen LogP contribution is -2.24. The molecule has 14 heavy (non-hydrogen) atoms. The summed E-state index contributed by atoms with van der Waals surface area (Å²) in [5, 5.41) is 0. The van der Waals surface area contributed by atoms with Crippen LogP contribution in [0.2, 0.25) is 0 Å². The Morgan fingerprint density at radius 1 is 1.43 bits per heavy atom. The fourth-order valence-corrected chi connectivity index (χ4v) is 2.34. The highest BCUT2D eigenvalue weighted by Gasteiger charge is 2.36. The molecule has 0 saturated carbocycles. The lowest BCUT2D eigenvalue weighted by molar-refractivity contribution is 0.319. The SMILES string of the molecule is CCc1ccc2c(c1)C(N)C(C)(C)C2. The predicted octanol–water partition coefficient (Wildman–Crippen LogP) is 2.83. The summed E-state index contributed by atoms with van der Waals surface area (Å²) in [6.07, 6.45) is 2.22. The zero-order valence-corrected chi connectivity index (χ0v) is 9.30. The number of benzene rings is 1. The molecule has 1 aliphatic rings. The summed E-state index contributed by atoms with van der Waals surface area (Å²) in [6.45, 7) is 6.69. The van der Waals surface area contributed by atoms with Crippen LogP contribution in [0.3, 0.4) is 0 Å². The predicted molar refractivity (Wildman–Crippen MR) is 60.2 cm³/mol. The van der Waals surface area contributed by atoms with Crippen LogP contribution in [-0.2, 0) is 12.8 Å². The van der Waals surface area contributed by atoms with Gasteiger partial charge >= 0.3 is 0 Å². The van der Waals surface area contributed by atoms with Crippen molar-refractivity contribution in [2.45, 2.75) is 39.7 Å². The van der Waals surface area contributed by atoms with Crippen molar-refractivity contribution in [2.24, 2.45) is 11.1 Å². The average Bonchev–Trinajstić information content (AvgIpc) is 2.38. The Hall–Kier alpha value is -0.820. The van der Waals surface area contributed by atoms with Gasteiger partial charge in [-0.1, -0.05) is 39.0 Å². The van der Waals surface area contributed by atoms with Crippen molar-refractivity contribution < 1.29 is 0 Å². The van der Waals surface area contributed by atoms with Crippen molar-refractivity contribution in [3.8, 4) is 0 Å². The molecule has 0 aliphatic heterocycles. The van der Waals surface area contributed by atoms with Crippen molar-refractivity contribution in [3.05, 3.63) is 34.9 Å². The van der Waals surface area contributed by atoms with E-state index >= 15 is 0 Å². The van der Waals surface area contributed by atoms with Gasteiger partial charge in [0.15, 0.2) is 0 Å². The van der Waals surface area contributed by atoms with E-state index in [4.69, 9.17) is 5.73 Å². The van der Waals surface area contributed by atoms with Gasteiger partial charge in [0.05, 0.1) is 0 Å². The molecule has 1 unspecified atom stereocenters. The second-order valence-corrected chi connectivity index (χ2v) is 5.03. The van der Waals surface area contributed by atoms with Gasteiger partial charge in [0.1, 0.15) is 0 Å². The van der Waals surface area contributed by atoms with Gasteiger partial charge in [-0.2, -0.15) is 0 Å². The van der Waals surface area contributed by atoms with Crippen LogP contribution < -0.4 is 5.73 Å². The monoisotopic (exact) mass is 189 g/mol. The van der Waals surface area contributed by atoms with Crippen LogP contribution in [0.4, 0.5) is 0 Å². The van der Waals surface area contributed by atoms with E-state index in [0.29, 0.717) is 0 Å². The van der Waals surface area contributed by atoms with Gasteiger partial charge in [0.2, 0.25) is 0 Å². The van der Waals surface area contributed by atoms with Crippen LogP contribution in [0.5, 0.6) is 0 Å². The Morgan fingerprint density at radius 3 is 2.79 bits per heavy atom. The molecule has 0 aromatic heterocycles. The minimum Gasteiger partial charge on any atom is -0.323 e. The number of hydrogen-bond donors (Lipinski definition) is 1. The Balaban J connectivity index is 2.45. The standard InChI is InChI=1S/C13H19N/c1-4-9-5-6-10-8-13(2,3)12(14)11(10)7-9/h5-7,12H,4,8,14H2,1-3H3. The van der Waals surface area contributed by atoms with Crippen molar-refractivity contribution in [1.82, 2.24) is 0 Å². The summed E-state index contributed by atoms with van der Waals surface area (Å²) in [6, 6.07) is 6.98. The fourth-order valence-electron chi connectivity index (χ4n) is 2.34. The molecule has 0 bridgehead atoms. The minimum absolute atomic E-state index is 0.212. The van der Waals surface area contributed by atoms with Crippen molar-refractivity contribution in [2.75, 3.05) is 0 Å². The number of aryl methyl sites for hydroxylation is 1. The zero-order valence-electron chi connectivity index (χ0n) is 9.30. The first-order valence-electron chi connectivity index (χ1n) is 5.42. The average molecular weight is 189 g/mol. The van der Waals surface area contributed by atoms with E-state index in [1.165, 1.54) is 16.7 Å². The molecular weight excluding hydrogens is 170 g/mol. The number of rotatable bonds is 1. The van der Waals surface area contributed by atoms with Gasteiger partial charge < -0.3 is 5.73 Å². The van der Waals surface area contributed by atoms with E-state index in [9.17, 15) is 0 Å². The van der Waals surface area contributed by atoms with Crippen LogP contribution >= 0.6 is 0 Å². The Morgan fingerprint density at radius 2 is 2.14 bits per heavy atom. The molecule has 1 aromatic carbocycles. The lowest BCUT2D eigenvalue weighted by atomic mass is 9.86. The summed E-state index contributed by atoms with van der Waals surface area (Å²) < 4.78 is 0. The number of hydrogen-bond acceptors (Lipinski definition) is 1. The summed E-state index contributed by atoms with van der Waals surface area (Å²) in [7, 11) is 0. The lowest BCUT2D eigenvalue weighted by Gasteiger charge is -2.23. The summed E-state index contributed by atoms with van der Waals surface area (Å²) in [4.78, 5) is 0. The molecule has 0 spiro atoms. The van der Waals surface area contributed by atoms with Gasteiger partial charge in [-0.15, -0.1) is 0 Å². The molecule has 1 aromatic rings. The molecular formula is C13H19N. The van der Waals surface area contributed by atoms with Gasteiger partial charge in [-0.3, -0.25) is 0 Å². The second kappa shape index (κ2) is 3.09. The van der Waals surface area contributed by atoms with Gasteiger partial charge in [-0.25, -0.2) is 0 Å². The van der Waals surface area contributed by atoms with Crippen molar-refractivity contribution >= 4 is 0 Å². The van der Waals surface area contributed by atoms with Crippen LogP contribution in [0.1, 0.15) is 43.5 Å². The molecule has 0 radical (unpaired) electrons. The molecule has 0 saturated heterocycles. The number of fused-ring (bicyclic) bond motifs is 1. The summed E-state index contributed by atoms with van der Waals surface area (Å²) >= 11 is 0. The van der Waals surface area contributed by atoms with E-state index in [0.717, 1.165) is 12.8 Å². The normalized spacial score (nSPS) is 23.6. The maximum atomic E-state index is 6.25. The maximum absolute atomic E-state index is 6.25. The first-order chi connectivity index (χ1) is 6.54. The van der Waals surface area contributed by atoms with E-state index in [1.807, 2.05) is 0 Å². The summed E-state index contributed by atoms with van der Waals surface area (Å²) in [5.74, 6) is 0. The van der Waals surface area contributed by atoms with E-state index in [1.54, 1.807) is 0 Å². The molecule has 1 nitrogen and oxygen atoms in total. The molecule has 1 heteroatoms. The first-order valence-corrected chi connectivity index (χ1v) is 5.42. The molecule has 76 valence electrons. The van der Waals surface area contributed by atoms with Crippen LogP contribution in [0.25, 0.3) is 0 Å². The highest BCUT2D eigenvalue weighted by atomic mass is 14.7. The van der Waals surface area contributed by atoms with Crippen LogP contribution in [-0.4, -0.2) is 0 Å². The van der Waals surface area contributed by atoms with Crippen LogP contribution in [0, 0.1) is 5.41 Å². The highest BCUT2D eigenvalue weighted by Crippen LogP contribution is 2.43. The maximum Gasteiger partial charge on any atom is 0.0352 e. The van der Waals surface area contributed by atoms with Crippen molar-refractivity contribution in [1.29, 1.82) is 0 Å². The molecule has 0 amide bonds. The number of nitrogens with two attached hydrogens (primary N) is 1. The summed E-state index contributed by atoms with van der Waals surface area (Å²) in [5.41, 5.74) is 10.7. The Kier molecular flexibility index (Phi) is 2.15. The van der Waals surface area contributed by atoms with E-state index in [2.05, 4.69) is 39.0 Å². The largest absolute Gasteiger partial charge is 0.323 e. The fraction of sp³-hybridized carbons (Fsp3) is 0.538. The third kappa shape index (κ3) is 1.36. The third-order valence-electron chi connectivity index (χ3n) is 3.44. The van der Waals surface area contributed by atoms with E-state index < -0.39 is 0 Å². The Labute approximate surface area is 86.3 Å². The highest BCUT2D eigenvalue weighted by molar-refractivity contribution is 5.40. The van der Waals surface area contributed by atoms with Gasteiger partial charge in [-0.05, 0) is 34.9 Å². The zero-order chi connectivity index (χ0) is 10.3. The quantitative estimate of drug-likeness (QED) is 0.722.